The summed E-state index contributed by atoms with van der Waals surface area (Å²) in [7, 11) is 0. The molecule has 0 fully saturated rings. The van der Waals surface area contributed by atoms with Crippen molar-refractivity contribution in [2.75, 3.05) is 0 Å². The van der Waals surface area contributed by atoms with Gasteiger partial charge in [-0.15, -0.1) is 0 Å². The summed E-state index contributed by atoms with van der Waals surface area (Å²) < 4.78 is 40.0. The average molecular weight is 284 g/mol. The van der Waals surface area contributed by atoms with Crippen molar-refractivity contribution in [1.29, 1.82) is 0 Å². The van der Waals surface area contributed by atoms with Crippen molar-refractivity contribution in [1.82, 2.24) is 9.78 Å². The lowest BCUT2D eigenvalue weighted by Gasteiger charge is -2.13. The first-order chi connectivity index (χ1) is 9.32. The molecule has 20 heavy (non-hydrogen) atoms. The number of hydrogen-bond acceptors (Lipinski definition) is 3. The van der Waals surface area contributed by atoms with E-state index in [0.717, 1.165) is 11.8 Å². The molecule has 0 atom stereocenters. The third-order valence-corrected chi connectivity index (χ3v) is 2.68. The Balaban J connectivity index is 2.60. The minimum Gasteiger partial charge on any atom is -0.409 e. The highest BCUT2D eigenvalue weighted by Crippen LogP contribution is 2.33. The molecule has 0 aliphatic heterocycles. The molecule has 0 spiro atoms. The minimum atomic E-state index is -4.59. The molecule has 2 rings (SSSR count). The van der Waals surface area contributed by atoms with Crippen molar-refractivity contribution in [2.24, 2.45) is 10.9 Å². The number of nitrogens with two attached hydrogens (primary N) is 1. The molecule has 0 radical (unpaired) electrons. The summed E-state index contributed by atoms with van der Waals surface area (Å²) in [6.45, 7) is 1.75. The lowest BCUT2D eigenvalue weighted by molar-refractivity contribution is -0.137. The molecule has 106 valence electrons. The monoisotopic (exact) mass is 284 g/mol. The number of nitrogens with zero attached hydrogens (tertiary/aromatic N) is 3. The maximum Gasteiger partial charge on any atom is 0.417 e. The van der Waals surface area contributed by atoms with Gasteiger partial charge in [0.25, 0.3) is 0 Å². The van der Waals surface area contributed by atoms with Gasteiger partial charge in [0.15, 0.2) is 5.84 Å². The largest absolute Gasteiger partial charge is 0.417 e. The third kappa shape index (κ3) is 2.58. The molecule has 3 N–H and O–H groups in total. The van der Waals surface area contributed by atoms with Gasteiger partial charge in [0.1, 0.15) is 0 Å². The Morgan fingerprint density at radius 2 is 2.05 bits per heavy atom. The minimum absolute atomic E-state index is 0.382. The van der Waals surface area contributed by atoms with Crippen LogP contribution in [-0.4, -0.2) is 20.8 Å². The second-order valence-corrected chi connectivity index (χ2v) is 4.11. The van der Waals surface area contributed by atoms with Crippen molar-refractivity contribution in [3.8, 4) is 5.69 Å². The average Bonchev–Trinajstić information content (AvgIpc) is 2.82. The molecular formula is C12H11F3N4O. The van der Waals surface area contributed by atoms with E-state index in [1.54, 1.807) is 19.2 Å². The number of aryl methyl sites for hydroxylation is 1. The van der Waals surface area contributed by atoms with Gasteiger partial charge in [0.05, 0.1) is 16.9 Å². The second kappa shape index (κ2) is 4.87. The summed E-state index contributed by atoms with van der Waals surface area (Å²) in [6.07, 6.45) is -2.99. The highest BCUT2D eigenvalue weighted by molar-refractivity contribution is 5.99. The summed E-state index contributed by atoms with van der Waals surface area (Å²) >= 11 is 0. The standard InChI is InChI=1S/C12H11F3N4O/c1-7-4-5-19(17-7)8-2-3-10(12(13,14)15)9(6-8)11(16)18-20/h2-6,20H,1H3,(H2,16,18). The summed E-state index contributed by atoms with van der Waals surface area (Å²) in [6, 6.07) is 5.02. The number of alkyl halides is 3. The fraction of sp³-hybridized carbons (Fsp3) is 0.167. The number of rotatable bonds is 2. The topological polar surface area (TPSA) is 76.4 Å². The number of halogens is 3. The van der Waals surface area contributed by atoms with E-state index >= 15 is 0 Å². The Kier molecular flexibility index (Phi) is 3.39. The van der Waals surface area contributed by atoms with Crippen molar-refractivity contribution < 1.29 is 18.4 Å². The van der Waals surface area contributed by atoms with Crippen LogP contribution >= 0.6 is 0 Å². The Bertz CT molecular complexity index is 661. The van der Waals surface area contributed by atoms with Gasteiger partial charge in [-0.1, -0.05) is 5.16 Å². The van der Waals surface area contributed by atoms with E-state index in [4.69, 9.17) is 10.9 Å². The fourth-order valence-corrected chi connectivity index (χ4v) is 1.75. The van der Waals surface area contributed by atoms with E-state index in [-0.39, 0.29) is 0 Å². The highest BCUT2D eigenvalue weighted by atomic mass is 19.4. The van der Waals surface area contributed by atoms with Crippen LogP contribution < -0.4 is 5.73 Å². The van der Waals surface area contributed by atoms with E-state index < -0.39 is 23.1 Å². The zero-order valence-corrected chi connectivity index (χ0v) is 10.4. The predicted molar refractivity (Wildman–Crippen MR) is 65.8 cm³/mol. The number of amidine groups is 1. The summed E-state index contributed by atoms with van der Waals surface area (Å²) in [5, 5.41) is 15.3. The van der Waals surface area contributed by atoms with Gasteiger partial charge in [-0.2, -0.15) is 18.3 Å². The first kappa shape index (κ1) is 13.9. The summed E-state index contributed by atoms with van der Waals surface area (Å²) in [4.78, 5) is 0. The van der Waals surface area contributed by atoms with Crippen molar-refractivity contribution in [3.63, 3.8) is 0 Å². The Morgan fingerprint density at radius 3 is 2.55 bits per heavy atom. The van der Waals surface area contributed by atoms with Crippen LogP contribution in [0.15, 0.2) is 35.6 Å². The first-order valence-corrected chi connectivity index (χ1v) is 5.54. The van der Waals surface area contributed by atoms with Gasteiger partial charge in [0.2, 0.25) is 0 Å². The van der Waals surface area contributed by atoms with Crippen LogP contribution in [0.3, 0.4) is 0 Å². The molecule has 8 heteroatoms. The van der Waals surface area contributed by atoms with Gasteiger partial charge >= 0.3 is 6.18 Å². The molecule has 0 amide bonds. The molecule has 1 aromatic heterocycles. The molecule has 1 aromatic carbocycles. The quantitative estimate of drug-likeness (QED) is 0.384. The zero-order valence-electron chi connectivity index (χ0n) is 10.4. The lowest BCUT2D eigenvalue weighted by Crippen LogP contribution is -2.20. The first-order valence-electron chi connectivity index (χ1n) is 5.54. The lowest BCUT2D eigenvalue weighted by atomic mass is 10.1. The number of aromatic nitrogens is 2. The van der Waals surface area contributed by atoms with Crippen molar-refractivity contribution >= 4 is 5.84 Å². The van der Waals surface area contributed by atoms with Crippen LogP contribution in [0.2, 0.25) is 0 Å². The van der Waals surface area contributed by atoms with Crippen LogP contribution in [0.1, 0.15) is 16.8 Å². The third-order valence-electron chi connectivity index (χ3n) is 2.68. The van der Waals surface area contributed by atoms with Gasteiger partial charge in [-0.3, -0.25) is 0 Å². The van der Waals surface area contributed by atoms with Gasteiger partial charge < -0.3 is 10.9 Å². The number of benzene rings is 1. The number of oxime groups is 1. The predicted octanol–water partition coefficient (Wildman–Crippen LogP) is 2.29. The number of hydrogen-bond donors (Lipinski definition) is 2. The van der Waals surface area contributed by atoms with Crippen molar-refractivity contribution in [3.05, 3.63) is 47.3 Å². The Hall–Kier alpha value is -2.51. The van der Waals surface area contributed by atoms with Crippen molar-refractivity contribution in [2.45, 2.75) is 13.1 Å². The Labute approximate surface area is 112 Å². The summed E-state index contributed by atoms with van der Waals surface area (Å²) in [5.41, 5.74) is 5.04. The van der Waals surface area contributed by atoms with Gasteiger partial charge in [-0.05, 0) is 31.2 Å². The Morgan fingerprint density at radius 1 is 1.35 bits per heavy atom. The van der Waals surface area contributed by atoms with Gasteiger partial charge in [-0.25, -0.2) is 4.68 Å². The van der Waals surface area contributed by atoms with Crippen LogP contribution in [0, 0.1) is 6.92 Å². The zero-order chi connectivity index (χ0) is 14.9. The van der Waals surface area contributed by atoms with E-state index in [2.05, 4.69) is 10.3 Å². The molecule has 0 saturated heterocycles. The molecule has 0 unspecified atom stereocenters. The van der Waals surface area contributed by atoms with Crippen LogP contribution in [0.25, 0.3) is 5.69 Å². The molecule has 5 nitrogen and oxygen atoms in total. The van der Waals surface area contributed by atoms with Crippen LogP contribution in [0.5, 0.6) is 0 Å². The van der Waals surface area contributed by atoms with E-state index in [1.165, 1.54) is 16.8 Å². The van der Waals surface area contributed by atoms with E-state index in [1.807, 2.05) is 0 Å². The molecule has 0 aliphatic carbocycles. The van der Waals surface area contributed by atoms with Crippen LogP contribution in [0.4, 0.5) is 13.2 Å². The van der Waals surface area contributed by atoms with Crippen LogP contribution in [-0.2, 0) is 6.18 Å². The smallest absolute Gasteiger partial charge is 0.409 e. The SMILES string of the molecule is Cc1ccn(-c2ccc(C(F)(F)F)c(/C(N)=N/O)c2)n1. The second-order valence-electron chi connectivity index (χ2n) is 4.11. The maximum atomic E-state index is 12.9. The fourth-order valence-electron chi connectivity index (χ4n) is 1.75. The van der Waals surface area contributed by atoms with Gasteiger partial charge in [0, 0.05) is 11.8 Å². The summed E-state index contributed by atoms with van der Waals surface area (Å²) in [5.74, 6) is -0.608. The molecule has 2 aromatic rings. The maximum absolute atomic E-state index is 12.9. The molecule has 0 bridgehead atoms. The van der Waals surface area contributed by atoms with E-state index in [9.17, 15) is 13.2 Å². The molecular weight excluding hydrogens is 273 g/mol. The normalized spacial score (nSPS) is 12.7. The van der Waals surface area contributed by atoms with E-state index in [0.29, 0.717) is 5.69 Å². The molecule has 1 heterocycles. The molecule has 0 aliphatic rings. The highest BCUT2D eigenvalue weighted by Gasteiger charge is 2.34. The molecule has 0 saturated carbocycles.